The van der Waals surface area contributed by atoms with Crippen LogP contribution in [-0.2, 0) is 4.52 Å². The molecule has 1 fully saturated rings. The first-order chi connectivity index (χ1) is 9.63. The van der Waals surface area contributed by atoms with E-state index in [0.717, 1.165) is 0 Å². The van der Waals surface area contributed by atoms with Crippen molar-refractivity contribution in [2.45, 2.75) is 19.1 Å². The minimum absolute atomic E-state index is 0.0700. The van der Waals surface area contributed by atoms with Crippen molar-refractivity contribution in [1.82, 2.24) is 4.67 Å². The monoisotopic (exact) mass is 285 g/mol. The lowest BCUT2D eigenvalue weighted by Crippen LogP contribution is -2.28. The maximum Gasteiger partial charge on any atom is 0.184 e. The van der Waals surface area contributed by atoms with Gasteiger partial charge in [0.15, 0.2) is 7.57 Å². The van der Waals surface area contributed by atoms with Crippen LogP contribution in [0.5, 0.6) is 0 Å². The number of hydrogen-bond acceptors (Lipinski definition) is 2. The van der Waals surface area contributed by atoms with Crippen molar-refractivity contribution in [3.8, 4) is 0 Å². The van der Waals surface area contributed by atoms with Crippen molar-refractivity contribution < 1.29 is 4.52 Å². The zero-order valence-electron chi connectivity index (χ0n) is 11.2. The third-order valence-electron chi connectivity index (χ3n) is 3.63. The molecule has 2 aromatic rings. The smallest absolute Gasteiger partial charge is 0.184 e. The molecule has 3 atom stereocenters. The molecule has 0 spiro atoms. The summed E-state index contributed by atoms with van der Waals surface area (Å²) in [6.45, 7) is 2.30. The molecule has 0 aliphatic carbocycles. The van der Waals surface area contributed by atoms with Crippen molar-refractivity contribution in [1.29, 1.82) is 0 Å². The van der Waals surface area contributed by atoms with Gasteiger partial charge in [0.1, 0.15) is 6.10 Å². The molecule has 2 aromatic carbocycles. The summed E-state index contributed by atoms with van der Waals surface area (Å²) in [7, 11) is 0.864. The van der Waals surface area contributed by atoms with Crippen molar-refractivity contribution in [2.75, 3.05) is 7.05 Å². The predicted molar refractivity (Wildman–Crippen MR) is 90.4 cm³/mol. The average Bonchev–Trinajstić information content (AvgIpc) is 2.75. The molecule has 1 aliphatic heterocycles. The number of likely N-dealkylation sites (N-methyl/N-ethyl adjacent to an activating group) is 1. The molecule has 3 rings (SSSR count). The molecule has 0 aromatic heterocycles. The standard InChI is InChI=1S/C16H21BNOP/c1-13-16(14-9-5-3-6-10-14)19-20(17,18(13)2)15-11-7-4-8-12-15/h3-13,16H,1-2,17H3. The van der Waals surface area contributed by atoms with E-state index >= 15 is 0 Å². The maximum absolute atomic E-state index is 6.69. The van der Waals surface area contributed by atoms with E-state index in [1.165, 1.54) is 10.9 Å². The van der Waals surface area contributed by atoms with E-state index in [4.69, 9.17) is 4.52 Å². The minimum Gasteiger partial charge on any atom is -0.253 e. The topological polar surface area (TPSA) is 12.5 Å². The maximum atomic E-state index is 6.69. The number of hydrogen-bond donors (Lipinski definition) is 0. The fraction of sp³-hybridized carbons (Fsp3) is 0.250. The normalized spacial score (nSPS) is 30.6. The van der Waals surface area contributed by atoms with Crippen molar-refractivity contribution in [3.63, 3.8) is 0 Å². The van der Waals surface area contributed by atoms with Crippen LogP contribution in [0, 0.1) is 0 Å². The first kappa shape index (κ1) is 13.8. The average molecular weight is 285 g/mol. The van der Waals surface area contributed by atoms with Gasteiger partial charge < -0.3 is 0 Å². The SMILES string of the molecule is [BH3-][P+]1(c2ccccc2)OC(c2ccccc2)C(C)N1C. The predicted octanol–water partition coefficient (Wildman–Crippen LogP) is 2.53. The third-order valence-corrected chi connectivity index (χ3v) is 5.74. The van der Waals surface area contributed by atoms with Gasteiger partial charge >= 0.3 is 0 Å². The number of nitrogens with zero attached hydrogens (tertiary/aromatic N) is 1. The lowest BCUT2D eigenvalue weighted by Gasteiger charge is -2.29. The van der Waals surface area contributed by atoms with Crippen LogP contribution in [0.15, 0.2) is 60.7 Å². The Morgan fingerprint density at radius 3 is 2.15 bits per heavy atom. The summed E-state index contributed by atoms with van der Waals surface area (Å²) in [5, 5.41) is 1.42. The second-order valence-electron chi connectivity index (χ2n) is 4.86. The molecule has 1 aliphatic rings. The van der Waals surface area contributed by atoms with E-state index < -0.39 is 7.52 Å². The number of rotatable bonds is 2. The van der Waals surface area contributed by atoms with Gasteiger partial charge in [-0.1, -0.05) is 48.5 Å². The number of benzene rings is 2. The Morgan fingerprint density at radius 1 is 1.00 bits per heavy atom. The first-order valence-electron chi connectivity index (χ1n) is 6.57. The summed E-state index contributed by atoms with van der Waals surface area (Å²) in [6, 6.07) is 22.0. The van der Waals surface area contributed by atoms with Gasteiger partial charge in [0.05, 0.1) is 18.9 Å². The van der Waals surface area contributed by atoms with E-state index in [0.29, 0.717) is 6.04 Å². The van der Waals surface area contributed by atoms with Crippen LogP contribution in [-0.4, -0.2) is 25.3 Å². The Balaban J connectivity index is 1.97. The quantitative estimate of drug-likeness (QED) is 0.621. The highest BCUT2D eigenvalue weighted by Gasteiger charge is 2.50. The van der Waals surface area contributed by atoms with Crippen LogP contribution in [0.2, 0.25) is 0 Å². The summed E-state index contributed by atoms with van der Waals surface area (Å²) in [5.41, 5.74) is 1.31. The molecule has 0 bridgehead atoms. The zero-order chi connectivity index (χ0) is 14.2. The van der Waals surface area contributed by atoms with E-state index in [9.17, 15) is 0 Å². The van der Waals surface area contributed by atoms with E-state index in [1.807, 2.05) is 0 Å². The summed E-state index contributed by atoms with van der Waals surface area (Å²) < 4.78 is 9.24. The van der Waals surface area contributed by atoms with Crippen LogP contribution in [0.25, 0.3) is 0 Å². The Bertz CT molecular complexity index is 580. The van der Waals surface area contributed by atoms with E-state index in [-0.39, 0.29) is 13.7 Å². The molecule has 3 unspecified atom stereocenters. The molecule has 1 saturated heterocycles. The highest BCUT2D eigenvalue weighted by Crippen LogP contribution is 2.66. The summed E-state index contributed by atoms with van der Waals surface area (Å²) in [6.07, 6.45) is 0.215. The second-order valence-corrected chi connectivity index (χ2v) is 6.76. The van der Waals surface area contributed by atoms with Gasteiger partial charge in [0.25, 0.3) is 0 Å². The summed E-state index contributed by atoms with van der Waals surface area (Å²) >= 11 is 0. The fourth-order valence-corrected chi connectivity index (χ4v) is 4.44. The summed E-state index contributed by atoms with van der Waals surface area (Å²) in [5.74, 6) is 0. The molecule has 0 N–H and O–H groups in total. The van der Waals surface area contributed by atoms with Crippen LogP contribution in [0.3, 0.4) is 0 Å². The molecule has 0 saturated carbocycles. The van der Waals surface area contributed by atoms with Gasteiger partial charge in [-0.15, -0.1) is 0 Å². The summed E-state index contributed by atoms with van der Waals surface area (Å²) in [4.78, 5) is 0. The molecule has 20 heavy (non-hydrogen) atoms. The fourth-order valence-electron chi connectivity index (χ4n) is 2.41. The van der Waals surface area contributed by atoms with Crippen LogP contribution in [0.1, 0.15) is 18.6 Å². The Morgan fingerprint density at radius 2 is 1.55 bits per heavy atom. The first-order valence-corrected chi connectivity index (χ1v) is 7.78. The van der Waals surface area contributed by atoms with Crippen molar-refractivity contribution in [2.24, 2.45) is 0 Å². The second kappa shape index (κ2) is 5.33. The lowest BCUT2D eigenvalue weighted by atomic mass is 10.0. The molecule has 0 amide bonds. The Kier molecular flexibility index (Phi) is 3.68. The van der Waals surface area contributed by atoms with E-state index in [1.54, 1.807) is 0 Å². The largest absolute Gasteiger partial charge is 0.253 e. The molecule has 0 radical (unpaired) electrons. The minimum atomic E-state index is -1.46. The highest BCUT2D eigenvalue weighted by atomic mass is 31.2. The lowest BCUT2D eigenvalue weighted by molar-refractivity contribution is 0.217. The van der Waals surface area contributed by atoms with Gasteiger partial charge in [-0.2, -0.15) is 4.67 Å². The Hall–Kier alpha value is -1.15. The molecular formula is C16H21BNOP. The van der Waals surface area contributed by atoms with Gasteiger partial charge in [-0.25, -0.2) is 0 Å². The van der Waals surface area contributed by atoms with Gasteiger partial charge in [0, 0.05) is 7.05 Å². The van der Waals surface area contributed by atoms with Crippen LogP contribution >= 0.6 is 7.52 Å². The molecule has 104 valence electrons. The molecule has 2 nitrogen and oxygen atoms in total. The van der Waals surface area contributed by atoms with Gasteiger partial charge in [-0.05, 0) is 24.6 Å². The van der Waals surface area contributed by atoms with E-state index in [2.05, 4.69) is 79.3 Å². The molecular weight excluding hydrogens is 264 g/mol. The van der Waals surface area contributed by atoms with Gasteiger partial charge in [-0.3, -0.25) is 4.52 Å². The molecule has 1 heterocycles. The van der Waals surface area contributed by atoms with Gasteiger partial charge in [0.2, 0.25) is 0 Å². The zero-order valence-corrected chi connectivity index (χ0v) is 12.1. The van der Waals surface area contributed by atoms with Crippen molar-refractivity contribution >= 4 is 20.4 Å². The van der Waals surface area contributed by atoms with Crippen LogP contribution < -0.4 is 5.30 Å². The van der Waals surface area contributed by atoms with Crippen molar-refractivity contribution in [3.05, 3.63) is 66.2 Å². The molecule has 4 heteroatoms. The Labute approximate surface area is 122 Å². The highest BCUT2D eigenvalue weighted by molar-refractivity contribution is 7.97. The third kappa shape index (κ3) is 2.20. The van der Waals surface area contributed by atoms with Crippen LogP contribution in [0.4, 0.5) is 0 Å².